The van der Waals surface area contributed by atoms with E-state index in [1.165, 1.54) is 0 Å². The van der Waals surface area contributed by atoms with Crippen LogP contribution in [0.1, 0.15) is 5.56 Å². The Morgan fingerprint density at radius 3 is 2.80 bits per heavy atom. The van der Waals surface area contributed by atoms with Crippen molar-refractivity contribution in [1.29, 1.82) is 0 Å². The fourth-order valence-electron chi connectivity index (χ4n) is 1.18. The van der Waals surface area contributed by atoms with Crippen LogP contribution in [0.15, 0.2) is 29.4 Å². The zero-order valence-electron chi connectivity index (χ0n) is 8.17. The van der Waals surface area contributed by atoms with Crippen molar-refractivity contribution in [1.82, 2.24) is 0 Å². The normalized spacial score (nSPS) is 18.3. The van der Waals surface area contributed by atoms with Crippen molar-refractivity contribution >= 4 is 5.69 Å². The molecule has 5 heteroatoms. The second kappa shape index (κ2) is 4.79. The fourth-order valence-corrected chi connectivity index (χ4v) is 1.18. The van der Waals surface area contributed by atoms with Gasteiger partial charge < -0.3 is 9.47 Å². The molecule has 0 aromatic heterocycles. The Hall–Kier alpha value is -1.55. The van der Waals surface area contributed by atoms with Gasteiger partial charge in [-0.05, 0) is 11.1 Å². The first kappa shape index (κ1) is 9.98. The van der Waals surface area contributed by atoms with Crippen molar-refractivity contribution in [2.75, 3.05) is 13.2 Å². The molecule has 1 fully saturated rings. The largest absolute Gasteiger partial charge is 0.374 e. The van der Waals surface area contributed by atoms with Gasteiger partial charge in [0.2, 0.25) is 0 Å². The summed E-state index contributed by atoms with van der Waals surface area (Å²) in [6.07, 6.45) is 0.299. The van der Waals surface area contributed by atoms with Gasteiger partial charge in [0.15, 0.2) is 0 Å². The summed E-state index contributed by atoms with van der Waals surface area (Å²) in [7, 11) is 0. The third-order valence-corrected chi connectivity index (χ3v) is 2.07. The third kappa shape index (κ3) is 3.25. The number of benzene rings is 1. The molecule has 0 saturated carbocycles. The van der Waals surface area contributed by atoms with Crippen LogP contribution in [0, 0.1) is 0 Å². The van der Waals surface area contributed by atoms with Crippen molar-refractivity contribution in [3.8, 4) is 0 Å². The molecule has 0 radical (unpaired) electrons. The first-order valence-corrected chi connectivity index (χ1v) is 4.72. The summed E-state index contributed by atoms with van der Waals surface area (Å²) in [6.45, 7) is 2.03. The van der Waals surface area contributed by atoms with Crippen LogP contribution in [0.2, 0.25) is 0 Å². The van der Waals surface area contributed by atoms with Crippen molar-refractivity contribution in [2.24, 2.45) is 5.11 Å². The van der Waals surface area contributed by atoms with E-state index in [9.17, 15) is 0 Å². The van der Waals surface area contributed by atoms with Gasteiger partial charge in [0.05, 0.1) is 19.8 Å². The minimum Gasteiger partial charge on any atom is -0.374 e. The second-order valence-electron chi connectivity index (χ2n) is 3.33. The summed E-state index contributed by atoms with van der Waals surface area (Å²) in [5, 5.41) is 3.49. The minimum absolute atomic E-state index is 0.299. The van der Waals surface area contributed by atoms with Gasteiger partial charge in [-0.3, -0.25) is 0 Å². The maximum atomic E-state index is 8.22. The quantitative estimate of drug-likeness (QED) is 0.320. The van der Waals surface area contributed by atoms with Gasteiger partial charge in [-0.15, -0.1) is 0 Å². The molecule has 0 aliphatic carbocycles. The maximum absolute atomic E-state index is 8.22. The van der Waals surface area contributed by atoms with Crippen LogP contribution >= 0.6 is 0 Å². The molecule has 1 saturated heterocycles. The van der Waals surface area contributed by atoms with Crippen LogP contribution in [-0.2, 0) is 16.1 Å². The third-order valence-electron chi connectivity index (χ3n) is 2.07. The van der Waals surface area contributed by atoms with E-state index in [0.29, 0.717) is 25.0 Å². The van der Waals surface area contributed by atoms with Gasteiger partial charge in [0.25, 0.3) is 0 Å². The van der Waals surface area contributed by atoms with Gasteiger partial charge in [0.1, 0.15) is 6.10 Å². The van der Waals surface area contributed by atoms with Gasteiger partial charge in [-0.25, -0.2) is 0 Å². The Morgan fingerprint density at radius 2 is 2.20 bits per heavy atom. The van der Waals surface area contributed by atoms with Crippen LogP contribution in [0.4, 0.5) is 5.69 Å². The van der Waals surface area contributed by atoms with Gasteiger partial charge >= 0.3 is 0 Å². The minimum atomic E-state index is 0.299. The highest BCUT2D eigenvalue weighted by atomic mass is 16.6. The zero-order chi connectivity index (χ0) is 10.5. The highest BCUT2D eigenvalue weighted by Gasteiger charge is 2.22. The Morgan fingerprint density at radius 1 is 1.47 bits per heavy atom. The number of hydrogen-bond donors (Lipinski definition) is 0. The van der Waals surface area contributed by atoms with Crippen LogP contribution in [0.5, 0.6) is 0 Å². The fraction of sp³-hybridized carbons (Fsp3) is 0.400. The maximum Gasteiger partial charge on any atom is 0.104 e. The Bertz CT molecular complexity index is 367. The molecule has 1 aliphatic rings. The lowest BCUT2D eigenvalue weighted by atomic mass is 10.2. The second-order valence-corrected chi connectivity index (χ2v) is 3.33. The molecule has 0 N–H and O–H groups in total. The summed E-state index contributed by atoms with van der Waals surface area (Å²) in [6, 6.07) is 7.31. The molecule has 1 unspecified atom stereocenters. The number of azide groups is 1. The Kier molecular flexibility index (Phi) is 3.19. The van der Waals surface area contributed by atoms with Crippen molar-refractivity contribution < 1.29 is 9.47 Å². The van der Waals surface area contributed by atoms with Crippen molar-refractivity contribution in [3.05, 3.63) is 40.3 Å². The summed E-state index contributed by atoms with van der Waals surface area (Å²) >= 11 is 0. The predicted octanol–water partition coefficient (Wildman–Crippen LogP) is 2.54. The number of rotatable bonds is 5. The summed E-state index contributed by atoms with van der Waals surface area (Å²) in [5.41, 5.74) is 9.90. The lowest BCUT2D eigenvalue weighted by Gasteiger charge is -2.02. The SMILES string of the molecule is [N-]=[N+]=Nc1ccc(COCC2CO2)cc1. The molecule has 1 aromatic carbocycles. The summed E-state index contributed by atoms with van der Waals surface area (Å²) < 4.78 is 10.4. The summed E-state index contributed by atoms with van der Waals surface area (Å²) in [4.78, 5) is 2.71. The van der Waals surface area contributed by atoms with E-state index in [0.717, 1.165) is 12.2 Å². The molecule has 1 heterocycles. The molecule has 1 aromatic rings. The van der Waals surface area contributed by atoms with Crippen LogP contribution in [0.3, 0.4) is 0 Å². The first-order valence-electron chi connectivity index (χ1n) is 4.72. The van der Waals surface area contributed by atoms with Crippen molar-refractivity contribution in [2.45, 2.75) is 12.7 Å². The van der Waals surface area contributed by atoms with Crippen LogP contribution in [0.25, 0.3) is 10.4 Å². The van der Waals surface area contributed by atoms with E-state index in [4.69, 9.17) is 15.0 Å². The monoisotopic (exact) mass is 205 g/mol. The van der Waals surface area contributed by atoms with E-state index in [1.807, 2.05) is 12.1 Å². The topological polar surface area (TPSA) is 70.5 Å². The Labute approximate surface area is 87.2 Å². The zero-order valence-corrected chi connectivity index (χ0v) is 8.17. The van der Waals surface area contributed by atoms with Gasteiger partial charge in [0, 0.05) is 10.6 Å². The highest BCUT2D eigenvalue weighted by molar-refractivity contribution is 5.38. The van der Waals surface area contributed by atoms with E-state index in [-0.39, 0.29) is 0 Å². The highest BCUT2D eigenvalue weighted by Crippen LogP contribution is 2.14. The predicted molar refractivity (Wildman–Crippen MR) is 54.6 cm³/mol. The number of hydrogen-bond acceptors (Lipinski definition) is 3. The van der Waals surface area contributed by atoms with Crippen molar-refractivity contribution in [3.63, 3.8) is 0 Å². The smallest absolute Gasteiger partial charge is 0.104 e. The molecule has 15 heavy (non-hydrogen) atoms. The number of ether oxygens (including phenoxy) is 2. The molecule has 0 spiro atoms. The molecule has 2 rings (SSSR count). The lowest BCUT2D eigenvalue weighted by molar-refractivity contribution is 0.104. The molecule has 0 amide bonds. The van der Waals surface area contributed by atoms with E-state index >= 15 is 0 Å². The molecule has 1 aliphatic heterocycles. The number of nitrogens with zero attached hydrogens (tertiary/aromatic N) is 3. The average molecular weight is 205 g/mol. The standard InChI is InChI=1S/C10H11N3O2/c11-13-12-9-3-1-8(2-4-9)5-14-6-10-7-15-10/h1-4,10H,5-7H2. The Balaban J connectivity index is 1.82. The number of epoxide rings is 1. The molecule has 1 atom stereocenters. The van der Waals surface area contributed by atoms with Crippen LogP contribution in [-0.4, -0.2) is 19.3 Å². The van der Waals surface area contributed by atoms with Gasteiger partial charge in [-0.1, -0.05) is 29.4 Å². The molecular weight excluding hydrogens is 194 g/mol. The van der Waals surface area contributed by atoms with Crippen LogP contribution < -0.4 is 0 Å². The van der Waals surface area contributed by atoms with Gasteiger partial charge in [-0.2, -0.15) is 0 Å². The average Bonchev–Trinajstić information content (AvgIpc) is 3.05. The molecule has 78 valence electrons. The molecule has 0 bridgehead atoms. The lowest BCUT2D eigenvalue weighted by Crippen LogP contribution is -2.00. The first-order chi connectivity index (χ1) is 7.38. The molecule has 5 nitrogen and oxygen atoms in total. The van der Waals surface area contributed by atoms with E-state index in [2.05, 4.69) is 10.0 Å². The van der Waals surface area contributed by atoms with E-state index in [1.54, 1.807) is 12.1 Å². The summed E-state index contributed by atoms with van der Waals surface area (Å²) in [5.74, 6) is 0. The molecular formula is C10H11N3O2. The van der Waals surface area contributed by atoms with E-state index < -0.39 is 0 Å².